The van der Waals surface area contributed by atoms with Crippen molar-refractivity contribution in [2.24, 2.45) is 0 Å². The van der Waals surface area contributed by atoms with E-state index in [1.54, 1.807) is 16.4 Å². The van der Waals surface area contributed by atoms with E-state index in [0.717, 1.165) is 43.5 Å². The Morgan fingerprint density at radius 2 is 2.13 bits per heavy atom. The number of hydrogen-bond acceptors (Lipinski definition) is 6. The molecule has 9 heteroatoms. The van der Waals surface area contributed by atoms with Gasteiger partial charge in [0.05, 0.1) is 23.6 Å². The van der Waals surface area contributed by atoms with E-state index in [1.807, 2.05) is 6.92 Å². The second kappa shape index (κ2) is 8.11. The van der Waals surface area contributed by atoms with E-state index in [-0.39, 0.29) is 23.9 Å². The average molecular weight is 447 g/mol. The average Bonchev–Trinajstić information content (AvgIpc) is 3.33. The van der Waals surface area contributed by atoms with Crippen LogP contribution >= 0.6 is 0 Å². The maximum absolute atomic E-state index is 13.6. The second-order valence-electron chi connectivity index (χ2n) is 8.66. The number of fused-ring (bicyclic) bond motifs is 4. The van der Waals surface area contributed by atoms with Gasteiger partial charge in [0.25, 0.3) is 0 Å². The van der Waals surface area contributed by atoms with Gasteiger partial charge in [0.1, 0.15) is 17.5 Å². The SMILES string of the molecule is Cc1nc2c(c(NC[C@@H]3CCCO3)n1)[C@@H]1CC[C@@H](C2)N1S(=O)(=O)Cc1cccc(F)c1. The number of benzene rings is 1. The summed E-state index contributed by atoms with van der Waals surface area (Å²) in [6, 6.07) is 5.41. The van der Waals surface area contributed by atoms with E-state index >= 15 is 0 Å². The summed E-state index contributed by atoms with van der Waals surface area (Å²) in [6.45, 7) is 3.30. The third-order valence-electron chi connectivity index (χ3n) is 6.42. The van der Waals surface area contributed by atoms with Crippen molar-refractivity contribution >= 4 is 15.8 Å². The smallest absolute Gasteiger partial charge is 0.219 e. The van der Waals surface area contributed by atoms with Gasteiger partial charge in [0, 0.05) is 31.2 Å². The van der Waals surface area contributed by atoms with Crippen LogP contribution in [0.4, 0.5) is 10.2 Å². The monoisotopic (exact) mass is 446 g/mol. The van der Waals surface area contributed by atoms with E-state index in [2.05, 4.69) is 15.3 Å². The molecular formula is C22H27FN4O3S. The van der Waals surface area contributed by atoms with Crippen molar-refractivity contribution in [3.63, 3.8) is 0 Å². The Kier molecular flexibility index (Phi) is 5.44. The van der Waals surface area contributed by atoms with Gasteiger partial charge >= 0.3 is 0 Å². The lowest BCUT2D eigenvalue weighted by Crippen LogP contribution is -2.43. The Morgan fingerprint density at radius 3 is 2.90 bits per heavy atom. The lowest BCUT2D eigenvalue weighted by molar-refractivity contribution is 0.120. The van der Waals surface area contributed by atoms with Crippen LogP contribution in [-0.4, -0.2) is 48.0 Å². The zero-order valence-electron chi connectivity index (χ0n) is 17.6. The maximum atomic E-state index is 13.6. The van der Waals surface area contributed by atoms with Gasteiger partial charge in [0.2, 0.25) is 10.0 Å². The number of hydrogen-bond donors (Lipinski definition) is 1. The van der Waals surface area contributed by atoms with Crippen LogP contribution in [0.5, 0.6) is 0 Å². The summed E-state index contributed by atoms with van der Waals surface area (Å²) in [7, 11) is -3.63. The largest absolute Gasteiger partial charge is 0.376 e. The summed E-state index contributed by atoms with van der Waals surface area (Å²) in [5, 5.41) is 3.42. The van der Waals surface area contributed by atoms with Crippen molar-refractivity contribution in [1.82, 2.24) is 14.3 Å². The minimum Gasteiger partial charge on any atom is -0.376 e. The Hall–Kier alpha value is -2.10. The molecule has 0 aliphatic carbocycles. The zero-order valence-corrected chi connectivity index (χ0v) is 18.4. The third-order valence-corrected chi connectivity index (χ3v) is 8.31. The van der Waals surface area contributed by atoms with Crippen LogP contribution in [0, 0.1) is 12.7 Å². The molecule has 31 heavy (non-hydrogen) atoms. The number of nitrogens with one attached hydrogen (secondary N) is 1. The lowest BCUT2D eigenvalue weighted by atomic mass is 10.00. The fraction of sp³-hybridized carbons (Fsp3) is 0.545. The summed E-state index contributed by atoms with van der Waals surface area (Å²) < 4.78 is 47.8. The molecule has 1 N–H and O–H groups in total. The first-order chi connectivity index (χ1) is 14.9. The van der Waals surface area contributed by atoms with Crippen LogP contribution in [0.2, 0.25) is 0 Å². The number of ether oxygens (including phenoxy) is 1. The van der Waals surface area contributed by atoms with Gasteiger partial charge in [0.15, 0.2) is 0 Å². The van der Waals surface area contributed by atoms with Gasteiger partial charge < -0.3 is 10.1 Å². The van der Waals surface area contributed by atoms with Gasteiger partial charge in [-0.05, 0) is 50.3 Å². The van der Waals surface area contributed by atoms with Crippen molar-refractivity contribution in [3.8, 4) is 0 Å². The minimum absolute atomic E-state index is 0.114. The number of aryl methyl sites for hydroxylation is 1. The van der Waals surface area contributed by atoms with Crippen molar-refractivity contribution < 1.29 is 17.5 Å². The molecule has 2 bridgehead atoms. The molecule has 2 aromatic rings. The first-order valence-electron chi connectivity index (χ1n) is 10.9. The molecule has 3 aliphatic heterocycles. The van der Waals surface area contributed by atoms with Crippen molar-refractivity contribution in [3.05, 3.63) is 52.7 Å². The molecule has 1 aromatic heterocycles. The number of rotatable bonds is 6. The Labute approximate surface area is 182 Å². The van der Waals surface area contributed by atoms with Crippen molar-refractivity contribution in [2.45, 2.75) is 63.0 Å². The maximum Gasteiger partial charge on any atom is 0.219 e. The number of anilines is 1. The van der Waals surface area contributed by atoms with Gasteiger partial charge in [-0.2, -0.15) is 4.31 Å². The summed E-state index contributed by atoms with van der Waals surface area (Å²) in [5.41, 5.74) is 2.29. The molecule has 4 heterocycles. The molecular weight excluding hydrogens is 419 g/mol. The first kappa shape index (κ1) is 20.8. The fourth-order valence-electron chi connectivity index (χ4n) is 5.17. The molecule has 7 nitrogen and oxygen atoms in total. The van der Waals surface area contributed by atoms with Crippen LogP contribution in [0.3, 0.4) is 0 Å². The predicted octanol–water partition coefficient (Wildman–Crippen LogP) is 3.11. The highest BCUT2D eigenvalue weighted by atomic mass is 32.2. The highest BCUT2D eigenvalue weighted by molar-refractivity contribution is 7.88. The van der Waals surface area contributed by atoms with Crippen molar-refractivity contribution in [2.75, 3.05) is 18.5 Å². The van der Waals surface area contributed by atoms with E-state index < -0.39 is 15.8 Å². The van der Waals surface area contributed by atoms with Crippen LogP contribution in [0.15, 0.2) is 24.3 Å². The first-order valence-corrected chi connectivity index (χ1v) is 12.5. The predicted molar refractivity (Wildman–Crippen MR) is 115 cm³/mol. The molecule has 0 saturated carbocycles. The molecule has 3 atom stereocenters. The zero-order chi connectivity index (χ0) is 21.6. The molecule has 5 rings (SSSR count). The molecule has 0 spiro atoms. The van der Waals surface area contributed by atoms with E-state index in [9.17, 15) is 12.8 Å². The molecule has 0 radical (unpaired) electrons. The minimum atomic E-state index is -3.63. The summed E-state index contributed by atoms with van der Waals surface area (Å²) in [6.07, 6.45) is 4.32. The normalized spacial score (nSPS) is 25.5. The van der Waals surface area contributed by atoms with Gasteiger partial charge in [-0.3, -0.25) is 0 Å². The van der Waals surface area contributed by atoms with Crippen LogP contribution in [0.25, 0.3) is 0 Å². The Balaban J connectivity index is 1.45. The standard InChI is InChI=1S/C22H27FN4O3S/c1-14-25-19-11-17-7-8-20(21(19)22(26-14)24-12-18-6-3-9-30-18)27(17)31(28,29)13-15-4-2-5-16(23)10-15/h2,4-5,10,17-18,20H,3,6-9,11-13H2,1H3,(H,24,25,26)/t17-,18-,20-/m0/s1. The van der Waals surface area contributed by atoms with Gasteiger partial charge in [-0.15, -0.1) is 0 Å². The molecule has 1 aromatic carbocycles. The molecule has 0 unspecified atom stereocenters. The number of nitrogens with zero attached hydrogens (tertiary/aromatic N) is 3. The topological polar surface area (TPSA) is 84.4 Å². The Bertz CT molecular complexity index is 1090. The Morgan fingerprint density at radius 1 is 1.26 bits per heavy atom. The van der Waals surface area contributed by atoms with Crippen LogP contribution < -0.4 is 5.32 Å². The summed E-state index contributed by atoms with van der Waals surface area (Å²) in [4.78, 5) is 9.28. The summed E-state index contributed by atoms with van der Waals surface area (Å²) in [5.74, 6) is 0.765. The fourth-order valence-corrected chi connectivity index (χ4v) is 7.16. The molecule has 2 fully saturated rings. The van der Waals surface area contributed by atoms with E-state index in [0.29, 0.717) is 30.2 Å². The third kappa shape index (κ3) is 4.06. The van der Waals surface area contributed by atoms with Crippen molar-refractivity contribution in [1.29, 1.82) is 0 Å². The number of halogens is 1. The number of aromatic nitrogens is 2. The highest BCUT2D eigenvalue weighted by Crippen LogP contribution is 2.47. The van der Waals surface area contributed by atoms with Crippen LogP contribution in [0.1, 0.15) is 54.4 Å². The van der Waals surface area contributed by atoms with E-state index in [1.165, 1.54) is 12.1 Å². The molecule has 2 saturated heterocycles. The lowest BCUT2D eigenvalue weighted by Gasteiger charge is -2.35. The van der Waals surface area contributed by atoms with Crippen LogP contribution in [-0.2, 0) is 26.9 Å². The van der Waals surface area contributed by atoms with Gasteiger partial charge in [-0.25, -0.2) is 22.8 Å². The van der Waals surface area contributed by atoms with E-state index in [4.69, 9.17) is 4.74 Å². The van der Waals surface area contributed by atoms with Gasteiger partial charge in [-0.1, -0.05) is 12.1 Å². The molecule has 3 aliphatic rings. The molecule has 166 valence electrons. The quantitative estimate of drug-likeness (QED) is 0.734. The highest BCUT2D eigenvalue weighted by Gasteiger charge is 2.48. The number of sulfonamides is 1. The summed E-state index contributed by atoms with van der Waals surface area (Å²) >= 11 is 0. The second-order valence-corrected chi connectivity index (χ2v) is 10.5. The molecule has 0 amide bonds.